The summed E-state index contributed by atoms with van der Waals surface area (Å²) in [5.41, 5.74) is 6.21. The van der Waals surface area contributed by atoms with E-state index in [1.165, 1.54) is 19.2 Å². The zero-order valence-corrected chi connectivity index (χ0v) is 19.8. The zero-order valence-electron chi connectivity index (χ0n) is 18.9. The minimum absolute atomic E-state index is 0.00303. The van der Waals surface area contributed by atoms with Crippen molar-refractivity contribution in [2.24, 2.45) is 0 Å². The van der Waals surface area contributed by atoms with Crippen LogP contribution < -0.4 is 0 Å². The third kappa shape index (κ3) is 6.74. The van der Waals surface area contributed by atoms with E-state index in [0.29, 0.717) is 11.3 Å². The van der Waals surface area contributed by atoms with Gasteiger partial charge in [-0.05, 0) is 41.3 Å². The molecule has 32 heavy (non-hydrogen) atoms. The van der Waals surface area contributed by atoms with Crippen molar-refractivity contribution in [2.45, 2.75) is 52.1 Å². The maximum atomic E-state index is 13.5. The minimum Gasteiger partial charge on any atom is -0.481 e. The SMILES string of the molecule is COP(=O)(C#Cc1c(-c2ccc(F)cc2)cc(C(C)C)nc1C(C)C)C[C@@H](O)CC(=O)O. The van der Waals surface area contributed by atoms with E-state index in [1.807, 2.05) is 33.8 Å². The van der Waals surface area contributed by atoms with Crippen LogP contribution in [0.4, 0.5) is 4.39 Å². The molecule has 2 N–H and O–H groups in total. The molecule has 1 unspecified atom stereocenters. The summed E-state index contributed by atoms with van der Waals surface area (Å²) in [5, 5.41) is 18.8. The Morgan fingerprint density at radius 2 is 1.81 bits per heavy atom. The molecule has 8 heteroatoms. The van der Waals surface area contributed by atoms with Gasteiger partial charge < -0.3 is 14.7 Å². The quantitative estimate of drug-likeness (QED) is 0.414. The maximum Gasteiger partial charge on any atom is 0.305 e. The first-order chi connectivity index (χ1) is 15.0. The first kappa shape index (κ1) is 25.7. The molecule has 2 rings (SSSR count). The molecule has 1 heterocycles. The van der Waals surface area contributed by atoms with Gasteiger partial charge in [-0.15, -0.1) is 0 Å². The number of pyridine rings is 1. The highest BCUT2D eigenvalue weighted by Gasteiger charge is 2.26. The smallest absolute Gasteiger partial charge is 0.305 e. The van der Waals surface area contributed by atoms with E-state index in [0.717, 1.165) is 16.8 Å². The average molecular weight is 461 g/mol. The van der Waals surface area contributed by atoms with Gasteiger partial charge in [-0.3, -0.25) is 14.3 Å². The third-order valence-corrected chi connectivity index (χ3v) is 6.81. The van der Waals surface area contributed by atoms with Crippen molar-refractivity contribution < 1.29 is 28.5 Å². The molecule has 6 nitrogen and oxygen atoms in total. The summed E-state index contributed by atoms with van der Waals surface area (Å²) in [6, 6.07) is 7.91. The number of aliphatic carboxylic acids is 1. The van der Waals surface area contributed by atoms with Gasteiger partial charge in [0.2, 0.25) is 0 Å². The summed E-state index contributed by atoms with van der Waals surface area (Å²) in [4.78, 5) is 15.6. The molecule has 0 aliphatic heterocycles. The summed E-state index contributed by atoms with van der Waals surface area (Å²) in [6.07, 6.45) is -2.31. The van der Waals surface area contributed by atoms with Crippen LogP contribution in [-0.4, -0.2) is 40.5 Å². The van der Waals surface area contributed by atoms with Crippen LogP contribution in [0.15, 0.2) is 30.3 Å². The first-order valence-electron chi connectivity index (χ1n) is 10.3. The van der Waals surface area contributed by atoms with E-state index in [1.54, 1.807) is 12.1 Å². The van der Waals surface area contributed by atoms with E-state index in [2.05, 4.69) is 11.6 Å². The van der Waals surface area contributed by atoms with E-state index < -0.39 is 32.0 Å². The standard InChI is InChI=1S/C24H29FNO5P/c1-15(2)22-13-21(17-6-8-18(25)9-7-17)20(24(26-22)16(3)4)10-11-32(30,31-5)14-19(27)12-23(28)29/h6-9,13,15-16,19,27H,12,14H2,1-5H3,(H,28,29)/t19-,32?/m0/s1. The van der Waals surface area contributed by atoms with Crippen molar-refractivity contribution in [2.75, 3.05) is 13.3 Å². The summed E-state index contributed by atoms with van der Waals surface area (Å²) in [6.45, 7) is 7.99. The Hall–Kier alpha value is -2.52. The number of halogens is 1. The molecule has 0 fully saturated rings. The molecular weight excluding hydrogens is 432 g/mol. The van der Waals surface area contributed by atoms with Crippen LogP contribution in [0.5, 0.6) is 0 Å². The van der Waals surface area contributed by atoms with Crippen molar-refractivity contribution in [3.8, 4) is 22.7 Å². The number of benzene rings is 1. The lowest BCUT2D eigenvalue weighted by atomic mass is 9.92. The number of aliphatic hydroxyl groups is 1. The highest BCUT2D eigenvalue weighted by Crippen LogP contribution is 2.46. The fourth-order valence-electron chi connectivity index (χ4n) is 3.14. The lowest BCUT2D eigenvalue weighted by Gasteiger charge is -2.18. The van der Waals surface area contributed by atoms with E-state index >= 15 is 0 Å². The van der Waals surface area contributed by atoms with Gasteiger partial charge in [-0.1, -0.05) is 45.7 Å². The van der Waals surface area contributed by atoms with Gasteiger partial charge in [0.25, 0.3) is 7.37 Å². The van der Waals surface area contributed by atoms with Gasteiger partial charge in [-0.2, -0.15) is 0 Å². The molecule has 1 aromatic heterocycles. The number of hydrogen-bond donors (Lipinski definition) is 2. The molecule has 0 saturated heterocycles. The number of carboxylic acid groups (broad SMARTS) is 1. The molecule has 0 radical (unpaired) electrons. The van der Waals surface area contributed by atoms with Crippen molar-refractivity contribution in [1.29, 1.82) is 0 Å². The second-order valence-electron chi connectivity index (χ2n) is 8.20. The van der Waals surface area contributed by atoms with E-state index in [4.69, 9.17) is 14.6 Å². The topological polar surface area (TPSA) is 96.7 Å². The maximum absolute atomic E-state index is 13.5. The summed E-state index contributed by atoms with van der Waals surface area (Å²) in [5.74, 6) is 1.51. The van der Waals surface area contributed by atoms with Crippen LogP contribution in [0.3, 0.4) is 0 Å². The van der Waals surface area contributed by atoms with Crippen molar-refractivity contribution in [3.63, 3.8) is 0 Å². The number of aliphatic hydroxyl groups excluding tert-OH is 1. The second kappa shape index (κ2) is 10.9. The number of aromatic nitrogens is 1. The Bertz CT molecular complexity index is 1070. The molecule has 2 atom stereocenters. The summed E-state index contributed by atoms with van der Waals surface area (Å²) >= 11 is 0. The molecular formula is C24H29FNO5P. The van der Waals surface area contributed by atoms with Crippen LogP contribution in [0.1, 0.15) is 62.9 Å². The van der Waals surface area contributed by atoms with Gasteiger partial charge in [-0.25, -0.2) is 4.39 Å². The normalized spacial score (nSPS) is 14.0. The monoisotopic (exact) mass is 461 g/mol. The van der Waals surface area contributed by atoms with E-state index in [-0.39, 0.29) is 17.7 Å². The van der Waals surface area contributed by atoms with Crippen LogP contribution >= 0.6 is 7.37 Å². The molecule has 172 valence electrons. The van der Waals surface area contributed by atoms with Crippen LogP contribution in [0.2, 0.25) is 0 Å². The summed E-state index contributed by atoms with van der Waals surface area (Å²) < 4.78 is 31.7. The largest absolute Gasteiger partial charge is 0.481 e. The highest BCUT2D eigenvalue weighted by atomic mass is 31.2. The zero-order chi connectivity index (χ0) is 24.1. The molecule has 1 aromatic carbocycles. The molecule has 0 aliphatic rings. The van der Waals surface area contributed by atoms with Gasteiger partial charge >= 0.3 is 5.97 Å². The van der Waals surface area contributed by atoms with Crippen LogP contribution in [0.25, 0.3) is 11.1 Å². The third-order valence-electron chi connectivity index (χ3n) is 4.87. The Balaban J connectivity index is 2.67. The van der Waals surface area contributed by atoms with Gasteiger partial charge in [0, 0.05) is 18.4 Å². The highest BCUT2D eigenvalue weighted by molar-refractivity contribution is 7.64. The predicted molar refractivity (Wildman–Crippen MR) is 122 cm³/mol. The molecule has 0 spiro atoms. The molecule has 0 bridgehead atoms. The molecule has 0 amide bonds. The van der Waals surface area contributed by atoms with Crippen molar-refractivity contribution in [1.82, 2.24) is 4.98 Å². The number of nitrogens with zero attached hydrogens (tertiary/aromatic N) is 1. The minimum atomic E-state index is -3.64. The lowest BCUT2D eigenvalue weighted by molar-refractivity contribution is -0.138. The first-order valence-corrected chi connectivity index (χ1v) is 12.2. The Morgan fingerprint density at radius 3 is 2.31 bits per heavy atom. The number of carbonyl (C=O) groups is 1. The fourth-order valence-corrected chi connectivity index (χ4v) is 4.44. The van der Waals surface area contributed by atoms with Crippen molar-refractivity contribution in [3.05, 3.63) is 53.1 Å². The van der Waals surface area contributed by atoms with Crippen LogP contribution in [-0.2, 0) is 13.9 Å². The number of carboxylic acids is 1. The average Bonchev–Trinajstić information content (AvgIpc) is 2.71. The number of hydrogen-bond acceptors (Lipinski definition) is 5. The van der Waals surface area contributed by atoms with Gasteiger partial charge in [0.05, 0.1) is 29.9 Å². The molecule has 2 aromatic rings. The predicted octanol–water partition coefficient (Wildman–Crippen LogP) is 5.20. The Labute approximate surface area is 188 Å². The molecule has 0 aliphatic carbocycles. The van der Waals surface area contributed by atoms with Gasteiger partial charge in [0.15, 0.2) is 0 Å². The number of rotatable bonds is 8. The lowest BCUT2D eigenvalue weighted by Crippen LogP contribution is -2.17. The Morgan fingerprint density at radius 1 is 1.19 bits per heavy atom. The second-order valence-corrected chi connectivity index (χ2v) is 10.5. The fraction of sp³-hybridized carbons (Fsp3) is 0.417. The summed E-state index contributed by atoms with van der Waals surface area (Å²) in [7, 11) is -2.42. The van der Waals surface area contributed by atoms with Crippen molar-refractivity contribution >= 4 is 13.3 Å². The Kier molecular flexibility index (Phi) is 8.74. The van der Waals surface area contributed by atoms with Gasteiger partial charge in [0.1, 0.15) is 5.82 Å². The molecule has 0 saturated carbocycles. The van der Waals surface area contributed by atoms with E-state index in [9.17, 15) is 18.9 Å². The van der Waals surface area contributed by atoms with Crippen LogP contribution in [0, 0.1) is 17.4 Å².